The number of hydrogen-bond donors (Lipinski definition) is 2. The van der Waals surface area contributed by atoms with Crippen LogP contribution in [-0.4, -0.2) is 42.7 Å². The van der Waals surface area contributed by atoms with Gasteiger partial charge in [0.15, 0.2) is 0 Å². The fraction of sp³-hybridized carbons (Fsp3) is 0.316. The van der Waals surface area contributed by atoms with Crippen LogP contribution in [0.1, 0.15) is 11.1 Å². The van der Waals surface area contributed by atoms with Crippen LogP contribution in [0.5, 0.6) is 5.75 Å². The van der Waals surface area contributed by atoms with E-state index in [9.17, 15) is 14.3 Å². The molecule has 0 atom stereocenters. The lowest BCUT2D eigenvalue weighted by Crippen LogP contribution is -2.35. The highest BCUT2D eigenvalue weighted by atomic mass is 19.1. The molecule has 1 amide bonds. The molecule has 0 unspecified atom stereocenters. The van der Waals surface area contributed by atoms with Crippen LogP contribution in [0.25, 0.3) is 0 Å². The Hall–Kier alpha value is -2.44. The molecular weight excluding hydrogens is 323 g/mol. The van der Waals surface area contributed by atoms with E-state index in [4.69, 9.17) is 4.74 Å². The first-order valence-electron chi connectivity index (χ1n) is 8.04. The number of aliphatic hydroxyl groups excluding tert-OH is 1. The number of methoxy groups -OCH3 is 1. The number of anilines is 1. The topological polar surface area (TPSA) is 61.8 Å². The molecule has 0 bridgehead atoms. The fourth-order valence-electron chi connectivity index (χ4n) is 2.50. The Bertz CT molecular complexity index is 722. The summed E-state index contributed by atoms with van der Waals surface area (Å²) < 4.78 is 18.9. The average molecular weight is 346 g/mol. The number of para-hydroxylation sites is 1. The van der Waals surface area contributed by atoms with Gasteiger partial charge in [-0.05, 0) is 30.7 Å². The number of aliphatic hydroxyl groups is 1. The van der Waals surface area contributed by atoms with Crippen molar-refractivity contribution in [2.24, 2.45) is 0 Å². The van der Waals surface area contributed by atoms with Gasteiger partial charge in [-0.2, -0.15) is 0 Å². The summed E-state index contributed by atoms with van der Waals surface area (Å²) in [5.41, 5.74) is 1.86. The molecule has 2 aromatic rings. The minimum absolute atomic E-state index is 0.0679. The van der Waals surface area contributed by atoms with E-state index in [0.717, 1.165) is 11.3 Å². The van der Waals surface area contributed by atoms with Gasteiger partial charge in [-0.3, -0.25) is 9.69 Å². The maximum Gasteiger partial charge on any atom is 0.238 e. The molecule has 0 spiro atoms. The number of amides is 1. The lowest BCUT2D eigenvalue weighted by Gasteiger charge is -2.22. The van der Waals surface area contributed by atoms with E-state index in [1.165, 1.54) is 6.07 Å². The first-order valence-corrected chi connectivity index (χ1v) is 8.04. The molecule has 2 N–H and O–H groups in total. The van der Waals surface area contributed by atoms with Gasteiger partial charge in [0.1, 0.15) is 11.6 Å². The van der Waals surface area contributed by atoms with Crippen LogP contribution in [0.15, 0.2) is 42.5 Å². The minimum Gasteiger partial charge on any atom is -0.496 e. The van der Waals surface area contributed by atoms with Crippen molar-refractivity contribution in [3.05, 3.63) is 59.4 Å². The molecule has 25 heavy (non-hydrogen) atoms. The number of rotatable bonds is 8. The Labute approximate surface area is 147 Å². The summed E-state index contributed by atoms with van der Waals surface area (Å²) in [5.74, 6) is 0.0945. The van der Waals surface area contributed by atoms with Crippen molar-refractivity contribution in [1.29, 1.82) is 0 Å². The van der Waals surface area contributed by atoms with E-state index in [0.29, 0.717) is 24.3 Å². The molecule has 2 rings (SSSR count). The number of aryl methyl sites for hydroxylation is 1. The molecule has 0 saturated heterocycles. The first-order chi connectivity index (χ1) is 12.0. The summed E-state index contributed by atoms with van der Waals surface area (Å²) in [5, 5.41) is 11.9. The van der Waals surface area contributed by atoms with E-state index in [2.05, 4.69) is 5.32 Å². The first kappa shape index (κ1) is 18.9. The van der Waals surface area contributed by atoms with Gasteiger partial charge in [0.05, 0.1) is 20.3 Å². The zero-order chi connectivity index (χ0) is 18.2. The molecule has 0 radical (unpaired) electrons. The maximum absolute atomic E-state index is 13.6. The van der Waals surface area contributed by atoms with Crippen molar-refractivity contribution in [2.45, 2.75) is 13.5 Å². The van der Waals surface area contributed by atoms with Crippen LogP contribution < -0.4 is 10.1 Å². The molecule has 0 heterocycles. The highest BCUT2D eigenvalue weighted by Crippen LogP contribution is 2.19. The highest BCUT2D eigenvalue weighted by Gasteiger charge is 2.14. The van der Waals surface area contributed by atoms with Gasteiger partial charge in [0.25, 0.3) is 0 Å². The lowest BCUT2D eigenvalue weighted by atomic mass is 10.2. The van der Waals surface area contributed by atoms with Gasteiger partial charge >= 0.3 is 0 Å². The number of nitrogens with one attached hydrogen (secondary N) is 1. The Morgan fingerprint density at radius 3 is 2.72 bits per heavy atom. The maximum atomic E-state index is 13.6. The molecule has 0 saturated carbocycles. The van der Waals surface area contributed by atoms with E-state index in [-0.39, 0.29) is 24.9 Å². The van der Waals surface area contributed by atoms with Crippen molar-refractivity contribution >= 4 is 11.6 Å². The summed E-state index contributed by atoms with van der Waals surface area (Å²) in [7, 11) is 1.59. The number of ether oxygens (including phenoxy) is 1. The van der Waals surface area contributed by atoms with Gasteiger partial charge in [-0.25, -0.2) is 4.39 Å². The van der Waals surface area contributed by atoms with Crippen molar-refractivity contribution in [3.8, 4) is 5.75 Å². The molecule has 0 aromatic heterocycles. The van der Waals surface area contributed by atoms with Crippen molar-refractivity contribution in [2.75, 3.05) is 32.1 Å². The van der Waals surface area contributed by atoms with Crippen molar-refractivity contribution in [3.63, 3.8) is 0 Å². The third kappa shape index (κ3) is 5.55. The predicted molar refractivity (Wildman–Crippen MR) is 95.1 cm³/mol. The fourth-order valence-corrected chi connectivity index (χ4v) is 2.50. The number of hydrogen-bond acceptors (Lipinski definition) is 4. The number of carbonyl (C=O) groups excluding carboxylic acids is 1. The number of carbonyl (C=O) groups is 1. The molecule has 134 valence electrons. The predicted octanol–water partition coefficient (Wildman–Crippen LogP) is 2.58. The summed E-state index contributed by atoms with van der Waals surface area (Å²) in [4.78, 5) is 14.1. The van der Waals surface area contributed by atoms with Crippen LogP contribution in [0.3, 0.4) is 0 Å². The smallest absolute Gasteiger partial charge is 0.238 e. The molecule has 0 aliphatic rings. The standard InChI is InChI=1S/C19H23FN2O3/c1-14-7-8-16(11-17(14)20)21-19(24)13-22(9-10-23)12-15-5-3-4-6-18(15)25-2/h3-8,11,23H,9-10,12-13H2,1-2H3,(H,21,24). The number of benzene rings is 2. The van der Waals surface area contributed by atoms with Crippen LogP contribution >= 0.6 is 0 Å². The Morgan fingerprint density at radius 1 is 1.28 bits per heavy atom. The second kappa shape index (κ2) is 9.15. The second-order valence-electron chi connectivity index (χ2n) is 5.76. The molecule has 0 aliphatic heterocycles. The Kier molecular flexibility index (Phi) is 6.91. The van der Waals surface area contributed by atoms with Gasteiger partial charge in [-0.15, -0.1) is 0 Å². The van der Waals surface area contributed by atoms with Gasteiger partial charge in [0, 0.05) is 24.3 Å². The molecule has 6 heteroatoms. The van der Waals surface area contributed by atoms with Crippen molar-refractivity contribution in [1.82, 2.24) is 4.90 Å². The third-order valence-corrected chi connectivity index (χ3v) is 3.83. The summed E-state index contributed by atoms with van der Waals surface area (Å²) in [6.07, 6.45) is 0. The Morgan fingerprint density at radius 2 is 2.04 bits per heavy atom. The summed E-state index contributed by atoms with van der Waals surface area (Å²) in [6.45, 7) is 2.47. The molecule has 0 fully saturated rings. The van der Waals surface area contributed by atoms with E-state index < -0.39 is 0 Å². The number of nitrogens with zero attached hydrogens (tertiary/aromatic N) is 1. The van der Waals surface area contributed by atoms with Crippen LogP contribution in [0, 0.1) is 12.7 Å². The monoisotopic (exact) mass is 346 g/mol. The van der Waals surface area contributed by atoms with Crippen LogP contribution in [0.2, 0.25) is 0 Å². The molecule has 5 nitrogen and oxygen atoms in total. The van der Waals surface area contributed by atoms with Crippen LogP contribution in [-0.2, 0) is 11.3 Å². The van der Waals surface area contributed by atoms with E-state index in [1.807, 2.05) is 24.3 Å². The van der Waals surface area contributed by atoms with Gasteiger partial charge < -0.3 is 15.2 Å². The van der Waals surface area contributed by atoms with Crippen LogP contribution in [0.4, 0.5) is 10.1 Å². The highest BCUT2D eigenvalue weighted by molar-refractivity contribution is 5.92. The van der Waals surface area contributed by atoms with E-state index in [1.54, 1.807) is 31.1 Å². The Balaban J connectivity index is 2.02. The third-order valence-electron chi connectivity index (χ3n) is 3.83. The van der Waals surface area contributed by atoms with Crippen molar-refractivity contribution < 1.29 is 19.0 Å². The zero-order valence-electron chi connectivity index (χ0n) is 14.5. The van der Waals surface area contributed by atoms with E-state index >= 15 is 0 Å². The molecule has 2 aromatic carbocycles. The second-order valence-corrected chi connectivity index (χ2v) is 5.76. The SMILES string of the molecule is COc1ccccc1CN(CCO)CC(=O)Nc1ccc(C)c(F)c1. The lowest BCUT2D eigenvalue weighted by molar-refractivity contribution is -0.117. The molecule has 0 aliphatic carbocycles. The summed E-state index contributed by atoms with van der Waals surface area (Å²) in [6, 6.07) is 12.1. The molecular formula is C19H23FN2O3. The normalized spacial score (nSPS) is 10.8. The zero-order valence-corrected chi connectivity index (χ0v) is 14.5. The quantitative estimate of drug-likeness (QED) is 0.771. The number of halogens is 1. The van der Waals surface area contributed by atoms with Gasteiger partial charge in [0.2, 0.25) is 5.91 Å². The minimum atomic E-state index is -0.362. The average Bonchev–Trinajstić information content (AvgIpc) is 2.59. The summed E-state index contributed by atoms with van der Waals surface area (Å²) >= 11 is 0. The largest absolute Gasteiger partial charge is 0.496 e. The van der Waals surface area contributed by atoms with Gasteiger partial charge in [-0.1, -0.05) is 24.3 Å².